The number of benzene rings is 2. The minimum Gasteiger partial charge on any atom is -0.496 e. The van der Waals surface area contributed by atoms with Crippen molar-refractivity contribution in [2.45, 2.75) is 24.4 Å². The van der Waals surface area contributed by atoms with Crippen molar-refractivity contribution < 1.29 is 4.74 Å². The van der Waals surface area contributed by atoms with Crippen molar-refractivity contribution in [2.24, 2.45) is 0 Å². The van der Waals surface area contributed by atoms with Crippen LogP contribution < -0.4 is 10.3 Å². The predicted molar refractivity (Wildman–Crippen MR) is 115 cm³/mol. The molecular weight excluding hydrogens is 390 g/mol. The molecule has 7 heteroatoms. The quantitative estimate of drug-likeness (QED) is 0.337. The Labute approximate surface area is 171 Å². The zero-order chi connectivity index (χ0) is 19.5. The highest BCUT2D eigenvalue weighted by Gasteiger charge is 2.13. The Kier molecular flexibility index (Phi) is 5.45. The van der Waals surface area contributed by atoms with Gasteiger partial charge in [0.2, 0.25) is 0 Å². The summed E-state index contributed by atoms with van der Waals surface area (Å²) in [4.78, 5) is 22.2. The van der Waals surface area contributed by atoms with Gasteiger partial charge < -0.3 is 4.74 Å². The second-order valence-corrected chi connectivity index (χ2v) is 7.89. The Bertz CT molecular complexity index is 1180. The molecule has 142 valence electrons. The number of methoxy groups -OCH3 is 1. The summed E-state index contributed by atoms with van der Waals surface area (Å²) < 4.78 is 7.16. The van der Waals surface area contributed by atoms with Gasteiger partial charge in [0.05, 0.1) is 29.3 Å². The molecule has 4 rings (SSSR count). The van der Waals surface area contributed by atoms with Crippen LogP contribution in [0.2, 0.25) is 0 Å². The normalized spacial score (nSPS) is 11.1. The van der Waals surface area contributed by atoms with Crippen LogP contribution in [0.3, 0.4) is 0 Å². The van der Waals surface area contributed by atoms with Gasteiger partial charge in [0.25, 0.3) is 5.56 Å². The minimum atomic E-state index is 0.00332. The molecule has 0 aliphatic heterocycles. The highest BCUT2D eigenvalue weighted by molar-refractivity contribution is 7.98. The number of thiazole rings is 1. The number of para-hydroxylation sites is 2. The average molecular weight is 410 g/mol. The van der Waals surface area contributed by atoms with E-state index in [9.17, 15) is 4.79 Å². The van der Waals surface area contributed by atoms with Gasteiger partial charge >= 0.3 is 0 Å². The van der Waals surface area contributed by atoms with Crippen LogP contribution >= 0.6 is 23.1 Å². The van der Waals surface area contributed by atoms with Crippen molar-refractivity contribution in [2.75, 3.05) is 7.11 Å². The highest BCUT2D eigenvalue weighted by Crippen LogP contribution is 2.33. The molecule has 0 N–H and O–H groups in total. The number of fused-ring (bicyclic) bond motifs is 1. The lowest BCUT2D eigenvalue weighted by Gasteiger charge is -2.10. The van der Waals surface area contributed by atoms with Gasteiger partial charge in [-0.25, -0.2) is 9.97 Å². The van der Waals surface area contributed by atoms with Gasteiger partial charge in [0.1, 0.15) is 10.8 Å². The van der Waals surface area contributed by atoms with Crippen LogP contribution in [-0.4, -0.2) is 21.6 Å². The van der Waals surface area contributed by atoms with Crippen molar-refractivity contribution in [3.63, 3.8) is 0 Å². The lowest BCUT2D eigenvalue weighted by Crippen LogP contribution is -2.22. The summed E-state index contributed by atoms with van der Waals surface area (Å²) in [5.41, 5.74) is 2.68. The first-order valence-corrected chi connectivity index (χ1v) is 10.8. The number of aromatic nitrogens is 3. The molecule has 2 heterocycles. The third kappa shape index (κ3) is 3.55. The van der Waals surface area contributed by atoms with Gasteiger partial charge in [-0.1, -0.05) is 36.0 Å². The molecule has 4 aromatic rings. The summed E-state index contributed by atoms with van der Waals surface area (Å²) in [5, 5.41) is 4.34. The number of thioether (sulfide) groups is 1. The van der Waals surface area contributed by atoms with Crippen molar-refractivity contribution in [1.82, 2.24) is 14.5 Å². The molecule has 2 aromatic carbocycles. The van der Waals surface area contributed by atoms with Gasteiger partial charge in [0, 0.05) is 17.7 Å². The SMILES string of the molecule is CCn1c(SCc2csc(-c3ccccc3OC)n2)nc2ccccc2c1=O. The summed E-state index contributed by atoms with van der Waals surface area (Å²) in [6.07, 6.45) is 0. The molecule has 5 nitrogen and oxygen atoms in total. The van der Waals surface area contributed by atoms with E-state index in [2.05, 4.69) is 0 Å². The molecule has 28 heavy (non-hydrogen) atoms. The Morgan fingerprint density at radius 1 is 1.11 bits per heavy atom. The minimum absolute atomic E-state index is 0.00332. The summed E-state index contributed by atoms with van der Waals surface area (Å²) in [6.45, 7) is 2.55. The van der Waals surface area contributed by atoms with Crippen LogP contribution in [0.15, 0.2) is 63.9 Å². The maximum atomic E-state index is 12.7. The van der Waals surface area contributed by atoms with Crippen LogP contribution in [0, 0.1) is 0 Å². The van der Waals surface area contributed by atoms with E-state index in [1.54, 1.807) is 23.0 Å². The van der Waals surface area contributed by atoms with Gasteiger partial charge in [-0.2, -0.15) is 0 Å². The van der Waals surface area contributed by atoms with E-state index in [0.29, 0.717) is 17.7 Å². The van der Waals surface area contributed by atoms with Crippen LogP contribution in [0.1, 0.15) is 12.6 Å². The van der Waals surface area contributed by atoms with E-state index < -0.39 is 0 Å². The molecule has 0 bridgehead atoms. The second kappa shape index (κ2) is 8.16. The topological polar surface area (TPSA) is 57.0 Å². The monoisotopic (exact) mass is 409 g/mol. The molecule has 2 aromatic heterocycles. The largest absolute Gasteiger partial charge is 0.496 e. The van der Waals surface area contributed by atoms with E-state index in [1.165, 1.54) is 11.8 Å². The molecule has 0 atom stereocenters. The second-order valence-electron chi connectivity index (χ2n) is 6.09. The van der Waals surface area contributed by atoms with Crippen molar-refractivity contribution in [1.29, 1.82) is 0 Å². The molecule has 0 spiro atoms. The predicted octanol–water partition coefficient (Wildman–Crippen LogP) is 4.84. The first kappa shape index (κ1) is 18.7. The third-order valence-corrected chi connectivity index (χ3v) is 6.32. The third-order valence-electron chi connectivity index (χ3n) is 4.38. The van der Waals surface area contributed by atoms with Crippen molar-refractivity contribution in [3.05, 3.63) is 70.0 Å². The number of ether oxygens (including phenoxy) is 1. The fourth-order valence-electron chi connectivity index (χ4n) is 2.99. The standard InChI is InChI=1S/C21H19N3O2S2/c1-3-24-20(25)15-8-4-6-10-17(15)23-21(24)28-13-14-12-27-19(22-14)16-9-5-7-11-18(16)26-2/h4-12H,3,13H2,1-2H3. The molecule has 0 aliphatic carbocycles. The fourth-order valence-corrected chi connectivity index (χ4v) is 4.90. The van der Waals surface area contributed by atoms with E-state index >= 15 is 0 Å². The molecular formula is C21H19N3O2S2. The number of hydrogen-bond donors (Lipinski definition) is 0. The maximum Gasteiger partial charge on any atom is 0.262 e. The molecule has 0 amide bonds. The highest BCUT2D eigenvalue weighted by atomic mass is 32.2. The first-order chi connectivity index (χ1) is 13.7. The van der Waals surface area contributed by atoms with Crippen LogP contribution in [-0.2, 0) is 12.3 Å². The van der Waals surface area contributed by atoms with E-state index in [-0.39, 0.29) is 5.56 Å². The number of hydrogen-bond acceptors (Lipinski definition) is 6. The Hall–Kier alpha value is -2.64. The van der Waals surface area contributed by atoms with E-state index in [0.717, 1.165) is 32.7 Å². The maximum absolute atomic E-state index is 12.7. The average Bonchev–Trinajstić information content (AvgIpc) is 3.21. The van der Waals surface area contributed by atoms with Gasteiger partial charge in [-0.05, 0) is 31.2 Å². The van der Waals surface area contributed by atoms with E-state index in [1.807, 2.05) is 60.8 Å². The van der Waals surface area contributed by atoms with Crippen molar-refractivity contribution >= 4 is 34.0 Å². The lowest BCUT2D eigenvalue weighted by molar-refractivity contribution is 0.416. The number of rotatable bonds is 6. The lowest BCUT2D eigenvalue weighted by atomic mass is 10.2. The van der Waals surface area contributed by atoms with Gasteiger partial charge in [-0.3, -0.25) is 9.36 Å². The zero-order valence-corrected chi connectivity index (χ0v) is 17.2. The Morgan fingerprint density at radius 3 is 2.71 bits per heavy atom. The van der Waals surface area contributed by atoms with Crippen molar-refractivity contribution in [3.8, 4) is 16.3 Å². The molecule has 0 saturated carbocycles. The fraction of sp³-hybridized carbons (Fsp3) is 0.190. The van der Waals surface area contributed by atoms with Crippen LogP contribution in [0.4, 0.5) is 0 Å². The molecule has 0 radical (unpaired) electrons. The van der Waals surface area contributed by atoms with Gasteiger partial charge in [-0.15, -0.1) is 11.3 Å². The summed E-state index contributed by atoms with van der Waals surface area (Å²) in [5.74, 6) is 1.46. The number of nitrogens with zero attached hydrogens (tertiary/aromatic N) is 3. The first-order valence-electron chi connectivity index (χ1n) is 8.91. The molecule has 0 saturated heterocycles. The van der Waals surface area contributed by atoms with E-state index in [4.69, 9.17) is 14.7 Å². The Morgan fingerprint density at radius 2 is 1.89 bits per heavy atom. The summed E-state index contributed by atoms with van der Waals surface area (Å²) in [7, 11) is 1.67. The van der Waals surface area contributed by atoms with Crippen LogP contribution in [0.5, 0.6) is 5.75 Å². The molecule has 0 aliphatic rings. The summed E-state index contributed by atoms with van der Waals surface area (Å²) >= 11 is 3.13. The summed E-state index contributed by atoms with van der Waals surface area (Å²) in [6, 6.07) is 15.3. The smallest absolute Gasteiger partial charge is 0.262 e. The van der Waals surface area contributed by atoms with Gasteiger partial charge in [0.15, 0.2) is 5.16 Å². The molecule has 0 unspecified atom stereocenters. The Balaban J connectivity index is 1.60. The zero-order valence-electron chi connectivity index (χ0n) is 15.6. The van der Waals surface area contributed by atoms with Crippen LogP contribution in [0.25, 0.3) is 21.5 Å². The molecule has 0 fully saturated rings.